The van der Waals surface area contributed by atoms with E-state index in [1.165, 1.54) is 0 Å². The van der Waals surface area contributed by atoms with Crippen LogP contribution in [0.25, 0.3) is 0 Å². The van der Waals surface area contributed by atoms with Crippen LogP contribution in [0.5, 0.6) is 0 Å². The maximum atomic E-state index is 13.4. The zero-order valence-corrected chi connectivity index (χ0v) is 9.64. The van der Waals surface area contributed by atoms with E-state index in [9.17, 15) is 13.2 Å². The maximum absolute atomic E-state index is 13.4. The minimum Gasteiger partial charge on any atom is -0.292 e. The fourth-order valence-electron chi connectivity index (χ4n) is 1.15. The third kappa shape index (κ3) is 2.71. The summed E-state index contributed by atoms with van der Waals surface area (Å²) in [6.45, 7) is 0. The first-order chi connectivity index (χ1) is 8.60. The van der Waals surface area contributed by atoms with Gasteiger partial charge < -0.3 is 0 Å². The van der Waals surface area contributed by atoms with Gasteiger partial charge in [0.25, 0.3) is 0 Å². The number of aromatic nitrogens is 2. The number of nitrogens with two attached hydrogens (primary N) is 1. The number of nitrogens with one attached hydrogen (secondary N) is 1. The summed E-state index contributed by atoms with van der Waals surface area (Å²) in [6.07, 6.45) is 0.891. The predicted octanol–water partition coefficient (Wildman–Crippen LogP) is 2.33. The fourth-order valence-corrected chi connectivity index (χ4v) is 1.98. The third-order valence-electron chi connectivity index (χ3n) is 1.94. The van der Waals surface area contributed by atoms with Crippen LogP contribution in [-0.2, 0) is 0 Å². The van der Waals surface area contributed by atoms with Crippen molar-refractivity contribution in [2.24, 2.45) is 5.84 Å². The molecular formula is C10H7F3N4S. The zero-order valence-electron chi connectivity index (χ0n) is 8.82. The number of anilines is 1. The topological polar surface area (TPSA) is 63.8 Å². The van der Waals surface area contributed by atoms with Crippen LogP contribution in [0.4, 0.5) is 19.1 Å². The SMILES string of the molecule is NNc1ncc(F)c(Sc2cc(F)ccc2F)n1. The normalized spacial score (nSPS) is 10.4. The van der Waals surface area contributed by atoms with E-state index in [1.54, 1.807) is 0 Å². The minimum atomic E-state index is -0.748. The van der Waals surface area contributed by atoms with E-state index in [-0.39, 0.29) is 15.9 Å². The Morgan fingerprint density at radius 2 is 1.94 bits per heavy atom. The van der Waals surface area contributed by atoms with Gasteiger partial charge in [-0.15, -0.1) is 0 Å². The summed E-state index contributed by atoms with van der Waals surface area (Å²) >= 11 is 0.648. The maximum Gasteiger partial charge on any atom is 0.238 e. The Balaban J connectivity index is 2.36. The molecule has 2 rings (SSSR count). The molecule has 0 atom stereocenters. The van der Waals surface area contributed by atoms with Crippen LogP contribution < -0.4 is 11.3 Å². The molecule has 1 heterocycles. The Kier molecular flexibility index (Phi) is 3.68. The van der Waals surface area contributed by atoms with Gasteiger partial charge in [0.1, 0.15) is 16.7 Å². The van der Waals surface area contributed by atoms with Crippen LogP contribution in [0.2, 0.25) is 0 Å². The first kappa shape index (κ1) is 12.7. The summed E-state index contributed by atoms with van der Waals surface area (Å²) < 4.78 is 39.7. The highest BCUT2D eigenvalue weighted by Gasteiger charge is 2.12. The van der Waals surface area contributed by atoms with E-state index in [2.05, 4.69) is 15.4 Å². The van der Waals surface area contributed by atoms with Gasteiger partial charge >= 0.3 is 0 Å². The molecule has 0 saturated carbocycles. The molecule has 0 aliphatic carbocycles. The Bertz CT molecular complexity index is 579. The molecule has 0 bridgehead atoms. The van der Waals surface area contributed by atoms with E-state index in [4.69, 9.17) is 5.84 Å². The van der Waals surface area contributed by atoms with Crippen LogP contribution in [0.15, 0.2) is 34.3 Å². The molecule has 0 unspecified atom stereocenters. The van der Waals surface area contributed by atoms with Crippen LogP contribution >= 0.6 is 11.8 Å². The van der Waals surface area contributed by atoms with E-state index in [0.717, 1.165) is 24.4 Å². The number of hydrogen-bond acceptors (Lipinski definition) is 5. The Morgan fingerprint density at radius 1 is 1.17 bits per heavy atom. The number of rotatable bonds is 3. The lowest BCUT2D eigenvalue weighted by Crippen LogP contribution is -2.11. The van der Waals surface area contributed by atoms with Crippen molar-refractivity contribution in [2.75, 3.05) is 5.43 Å². The summed E-state index contributed by atoms with van der Waals surface area (Å²) in [5.74, 6) is 3.03. The number of benzene rings is 1. The van der Waals surface area contributed by atoms with E-state index < -0.39 is 17.5 Å². The molecule has 1 aromatic carbocycles. The predicted molar refractivity (Wildman–Crippen MR) is 60.3 cm³/mol. The minimum absolute atomic E-state index is 0.0179. The van der Waals surface area contributed by atoms with E-state index in [1.807, 2.05) is 0 Å². The average Bonchev–Trinajstić information content (AvgIpc) is 2.36. The number of nitrogen functional groups attached to an aromatic ring is 1. The molecule has 0 radical (unpaired) electrons. The first-order valence-electron chi connectivity index (χ1n) is 4.72. The highest BCUT2D eigenvalue weighted by atomic mass is 32.2. The van der Waals surface area contributed by atoms with Gasteiger partial charge in [0, 0.05) is 0 Å². The van der Waals surface area contributed by atoms with Crippen LogP contribution in [0.1, 0.15) is 0 Å². The van der Waals surface area contributed by atoms with Crippen molar-refractivity contribution >= 4 is 17.7 Å². The molecule has 1 aromatic heterocycles. The van der Waals surface area contributed by atoms with Crippen molar-refractivity contribution < 1.29 is 13.2 Å². The van der Waals surface area contributed by atoms with Gasteiger partial charge in [-0.2, -0.15) is 0 Å². The van der Waals surface area contributed by atoms with Crippen molar-refractivity contribution in [2.45, 2.75) is 9.92 Å². The standard InChI is InChI=1S/C10H7F3N4S/c11-5-1-2-6(12)8(3-5)18-9-7(13)4-15-10(16-9)17-14/h1-4H,14H2,(H,15,16,17). The van der Waals surface area contributed by atoms with Gasteiger partial charge in [-0.3, -0.25) is 5.43 Å². The van der Waals surface area contributed by atoms with Crippen molar-refractivity contribution in [3.05, 3.63) is 41.8 Å². The van der Waals surface area contributed by atoms with Gasteiger partial charge in [-0.05, 0) is 18.2 Å². The molecule has 0 saturated heterocycles. The van der Waals surface area contributed by atoms with Crippen molar-refractivity contribution in [3.8, 4) is 0 Å². The van der Waals surface area contributed by atoms with Gasteiger partial charge in [0.15, 0.2) is 5.82 Å². The van der Waals surface area contributed by atoms with Crippen molar-refractivity contribution in [3.63, 3.8) is 0 Å². The molecule has 2 aromatic rings. The van der Waals surface area contributed by atoms with Gasteiger partial charge in [-0.25, -0.2) is 29.0 Å². The molecule has 0 aliphatic heterocycles. The monoisotopic (exact) mass is 272 g/mol. The highest BCUT2D eigenvalue weighted by Crippen LogP contribution is 2.30. The lowest BCUT2D eigenvalue weighted by molar-refractivity contribution is 0.571. The highest BCUT2D eigenvalue weighted by molar-refractivity contribution is 7.99. The van der Waals surface area contributed by atoms with Crippen LogP contribution in [0.3, 0.4) is 0 Å². The van der Waals surface area contributed by atoms with Crippen molar-refractivity contribution in [1.29, 1.82) is 0 Å². The largest absolute Gasteiger partial charge is 0.292 e. The molecular weight excluding hydrogens is 265 g/mol. The third-order valence-corrected chi connectivity index (χ3v) is 2.95. The van der Waals surface area contributed by atoms with E-state index in [0.29, 0.717) is 11.8 Å². The Hall–Kier alpha value is -1.80. The summed E-state index contributed by atoms with van der Waals surface area (Å²) in [4.78, 5) is 7.17. The lowest BCUT2D eigenvalue weighted by atomic mass is 10.3. The summed E-state index contributed by atoms with van der Waals surface area (Å²) in [5.41, 5.74) is 2.14. The second kappa shape index (κ2) is 5.23. The lowest BCUT2D eigenvalue weighted by Gasteiger charge is -2.05. The molecule has 3 N–H and O–H groups in total. The molecule has 8 heteroatoms. The molecule has 94 valence electrons. The molecule has 0 fully saturated rings. The molecule has 0 amide bonds. The smallest absolute Gasteiger partial charge is 0.238 e. The van der Waals surface area contributed by atoms with Crippen LogP contribution in [-0.4, -0.2) is 9.97 Å². The molecule has 18 heavy (non-hydrogen) atoms. The van der Waals surface area contributed by atoms with Gasteiger partial charge in [0.2, 0.25) is 5.95 Å². The van der Waals surface area contributed by atoms with Crippen molar-refractivity contribution in [1.82, 2.24) is 9.97 Å². The van der Waals surface area contributed by atoms with E-state index >= 15 is 0 Å². The van der Waals surface area contributed by atoms with Crippen LogP contribution in [0, 0.1) is 17.5 Å². The number of nitrogens with zero attached hydrogens (tertiary/aromatic N) is 2. The first-order valence-corrected chi connectivity index (χ1v) is 5.54. The number of hydrazine groups is 1. The summed E-state index contributed by atoms with van der Waals surface area (Å²) in [6, 6.07) is 2.89. The summed E-state index contributed by atoms with van der Waals surface area (Å²) in [7, 11) is 0. The zero-order chi connectivity index (χ0) is 13.1. The average molecular weight is 272 g/mol. The number of halogens is 3. The second-order valence-corrected chi connectivity index (χ2v) is 4.20. The molecule has 0 aliphatic rings. The molecule has 4 nitrogen and oxygen atoms in total. The Labute approximate surface area is 104 Å². The fraction of sp³-hybridized carbons (Fsp3) is 0. The molecule has 0 spiro atoms. The Morgan fingerprint density at radius 3 is 2.67 bits per heavy atom. The second-order valence-electron chi connectivity index (χ2n) is 3.17. The summed E-state index contributed by atoms with van der Waals surface area (Å²) in [5, 5.41) is -0.151. The van der Waals surface area contributed by atoms with Gasteiger partial charge in [-0.1, -0.05) is 11.8 Å². The quantitative estimate of drug-likeness (QED) is 0.510. The van der Waals surface area contributed by atoms with Gasteiger partial charge in [0.05, 0.1) is 11.1 Å². The number of hydrogen-bond donors (Lipinski definition) is 2.